The summed E-state index contributed by atoms with van der Waals surface area (Å²) in [5, 5.41) is 18.8. The third-order valence-corrected chi connectivity index (χ3v) is 8.34. The van der Waals surface area contributed by atoms with E-state index < -0.39 is 21.5 Å². The highest BCUT2D eigenvalue weighted by Crippen LogP contribution is 2.47. The van der Waals surface area contributed by atoms with Gasteiger partial charge in [0.05, 0.1) is 16.2 Å². The largest absolute Gasteiger partial charge is 0.385 e. The molecule has 2 aromatic heterocycles. The highest BCUT2D eigenvalue weighted by Gasteiger charge is 2.33. The Kier molecular flexibility index (Phi) is 5.01. The Balaban J connectivity index is 1.67. The van der Waals surface area contributed by atoms with Crippen molar-refractivity contribution in [2.75, 3.05) is 5.32 Å². The van der Waals surface area contributed by atoms with Gasteiger partial charge >= 0.3 is 6.03 Å². The van der Waals surface area contributed by atoms with Crippen LogP contribution in [0.25, 0.3) is 0 Å². The van der Waals surface area contributed by atoms with E-state index in [9.17, 15) is 14.1 Å². The highest BCUT2D eigenvalue weighted by molar-refractivity contribution is 7.93. The Labute approximate surface area is 174 Å². The van der Waals surface area contributed by atoms with Crippen molar-refractivity contribution in [3.63, 3.8) is 0 Å². The topological polar surface area (TPSA) is 131 Å². The summed E-state index contributed by atoms with van der Waals surface area (Å²) in [5.74, 6) is 0.402. The van der Waals surface area contributed by atoms with Crippen LogP contribution in [0.15, 0.2) is 14.9 Å². The number of thiazole rings is 1. The van der Waals surface area contributed by atoms with Crippen LogP contribution in [-0.4, -0.2) is 25.3 Å². The summed E-state index contributed by atoms with van der Waals surface area (Å²) in [6.07, 6.45) is 6.32. The molecule has 156 valence electrons. The number of urea groups is 1. The highest BCUT2D eigenvalue weighted by atomic mass is 32.2. The van der Waals surface area contributed by atoms with Gasteiger partial charge in [-0.25, -0.2) is 19.1 Å². The maximum atomic E-state index is 12.9. The number of carbonyl (C=O) groups is 1. The van der Waals surface area contributed by atoms with Crippen LogP contribution in [0.3, 0.4) is 0 Å². The van der Waals surface area contributed by atoms with E-state index in [1.807, 2.05) is 6.92 Å². The molecule has 2 aromatic rings. The predicted molar refractivity (Wildman–Crippen MR) is 112 cm³/mol. The van der Waals surface area contributed by atoms with Crippen molar-refractivity contribution in [1.29, 1.82) is 0 Å². The maximum absolute atomic E-state index is 12.9. The molecule has 4 rings (SSSR count). The summed E-state index contributed by atoms with van der Waals surface area (Å²) in [6.45, 7) is 5.16. The van der Waals surface area contributed by atoms with Crippen LogP contribution in [-0.2, 0) is 28.4 Å². The van der Waals surface area contributed by atoms with Crippen LogP contribution in [0.5, 0.6) is 0 Å². The second kappa shape index (κ2) is 7.12. The maximum Gasteiger partial charge on any atom is 0.354 e. The number of aromatic nitrogens is 2. The van der Waals surface area contributed by atoms with E-state index in [2.05, 4.69) is 14.7 Å². The molecule has 2 heterocycles. The second-order valence-corrected chi connectivity index (χ2v) is 11.2. The van der Waals surface area contributed by atoms with Crippen LogP contribution in [0.4, 0.5) is 10.5 Å². The van der Waals surface area contributed by atoms with Gasteiger partial charge in [-0.15, -0.1) is 15.7 Å². The first kappa shape index (κ1) is 20.4. The van der Waals surface area contributed by atoms with E-state index in [0.717, 1.165) is 71.6 Å². The molecule has 0 bridgehead atoms. The fraction of sp³-hybridized carbons (Fsp3) is 0.526. The van der Waals surface area contributed by atoms with Crippen molar-refractivity contribution in [3.05, 3.63) is 33.6 Å². The van der Waals surface area contributed by atoms with E-state index >= 15 is 0 Å². The van der Waals surface area contributed by atoms with E-state index in [1.54, 1.807) is 13.8 Å². The number of amides is 2. The molecular formula is C19H25N5O3S2. The lowest BCUT2D eigenvalue weighted by atomic mass is 10.0. The van der Waals surface area contributed by atoms with Gasteiger partial charge in [0.1, 0.15) is 0 Å². The summed E-state index contributed by atoms with van der Waals surface area (Å²) in [7, 11) is -3.52. The minimum atomic E-state index is -3.52. The van der Waals surface area contributed by atoms with Gasteiger partial charge in [-0.05, 0) is 64.4 Å². The fourth-order valence-electron chi connectivity index (χ4n) is 3.71. The van der Waals surface area contributed by atoms with Gasteiger partial charge in [-0.1, -0.05) is 0 Å². The molecule has 1 saturated carbocycles. The normalized spacial score (nSPS) is 18.2. The zero-order chi connectivity index (χ0) is 21.0. The first-order valence-electron chi connectivity index (χ1n) is 9.63. The number of rotatable bonds is 4. The number of nitrogens with two attached hydrogens (primary N) is 1. The SMILES string of the molecule is Cc1nc2c(c(NC(=O)N=[S@@](N)(=O)c3ncc(C(C)(C)O)s3)c1C1CC1)CCC2. The molecule has 0 aromatic carbocycles. The number of nitrogens with one attached hydrogen (secondary N) is 1. The van der Waals surface area contributed by atoms with E-state index in [-0.39, 0.29) is 4.34 Å². The number of fused-ring (bicyclic) bond motifs is 1. The molecule has 2 aliphatic carbocycles. The number of carbonyl (C=O) groups excluding carboxylic acids is 1. The van der Waals surface area contributed by atoms with Crippen molar-refractivity contribution in [2.24, 2.45) is 9.50 Å². The standard InChI is InChI=1S/C19H25N5O3S2/c1-10-15(11-7-8-11)16(12-5-4-6-13(12)22-10)23-17(25)24-29(20,27)18-21-9-14(28-18)19(2,3)26/h9,11,26H,4-8H2,1-3H3,(H3,20,22,23,24,25,27)/t29-/m1/s1. The Morgan fingerprint density at radius 2 is 2.14 bits per heavy atom. The molecule has 2 amide bonds. The van der Waals surface area contributed by atoms with Crippen molar-refractivity contribution >= 4 is 33.0 Å². The zero-order valence-corrected chi connectivity index (χ0v) is 18.3. The minimum absolute atomic E-state index is 0.0170. The summed E-state index contributed by atoms with van der Waals surface area (Å²) in [6, 6.07) is -0.751. The lowest BCUT2D eigenvalue weighted by Gasteiger charge is -2.16. The molecule has 0 radical (unpaired) electrons. The van der Waals surface area contributed by atoms with E-state index in [0.29, 0.717) is 10.8 Å². The molecule has 0 aliphatic heterocycles. The Bertz CT molecular complexity index is 1110. The summed E-state index contributed by atoms with van der Waals surface area (Å²) in [4.78, 5) is 21.9. The zero-order valence-electron chi connectivity index (χ0n) is 16.7. The number of nitrogens with zero attached hydrogens (tertiary/aromatic N) is 3. The van der Waals surface area contributed by atoms with Gasteiger partial charge in [-0.2, -0.15) is 0 Å². The number of anilines is 1. The van der Waals surface area contributed by atoms with Crippen molar-refractivity contribution in [3.8, 4) is 0 Å². The average Bonchev–Trinajstić information content (AvgIpc) is 3.10. The molecule has 10 heteroatoms. The third kappa shape index (κ3) is 4.07. The second-order valence-electron chi connectivity index (χ2n) is 8.18. The molecular weight excluding hydrogens is 410 g/mol. The van der Waals surface area contributed by atoms with Crippen molar-refractivity contribution in [2.45, 2.75) is 68.7 Å². The van der Waals surface area contributed by atoms with Gasteiger partial charge < -0.3 is 10.4 Å². The number of aryl methyl sites for hydroxylation is 2. The molecule has 1 atom stereocenters. The van der Waals surface area contributed by atoms with E-state index in [4.69, 9.17) is 10.1 Å². The summed E-state index contributed by atoms with van der Waals surface area (Å²) in [5.41, 5.74) is 3.71. The molecule has 4 N–H and O–H groups in total. The lowest BCUT2D eigenvalue weighted by Crippen LogP contribution is -2.19. The Morgan fingerprint density at radius 3 is 2.76 bits per heavy atom. The third-order valence-electron chi connectivity index (χ3n) is 5.23. The molecule has 2 aliphatic rings. The molecule has 0 saturated heterocycles. The molecule has 29 heavy (non-hydrogen) atoms. The first-order chi connectivity index (χ1) is 13.6. The predicted octanol–water partition coefficient (Wildman–Crippen LogP) is 3.37. The van der Waals surface area contributed by atoms with Crippen molar-refractivity contribution in [1.82, 2.24) is 9.97 Å². The van der Waals surface area contributed by atoms with Gasteiger partial charge in [0.15, 0.2) is 9.92 Å². The van der Waals surface area contributed by atoms with Crippen LogP contribution in [0.1, 0.15) is 66.4 Å². The van der Waals surface area contributed by atoms with Gasteiger partial charge in [0.2, 0.25) is 4.34 Å². The summed E-state index contributed by atoms with van der Waals surface area (Å²) >= 11 is 0.990. The minimum Gasteiger partial charge on any atom is -0.385 e. The van der Waals surface area contributed by atoms with Gasteiger partial charge in [-0.3, -0.25) is 4.98 Å². The Morgan fingerprint density at radius 1 is 1.41 bits per heavy atom. The molecule has 0 spiro atoms. The Hall–Kier alpha value is -1.88. The summed E-state index contributed by atoms with van der Waals surface area (Å²) < 4.78 is 16.6. The van der Waals surface area contributed by atoms with Crippen molar-refractivity contribution < 1.29 is 14.1 Å². The number of hydrogen-bond donors (Lipinski definition) is 3. The first-order valence-corrected chi connectivity index (χ1v) is 12.0. The van der Waals surface area contributed by atoms with Crippen LogP contribution >= 0.6 is 11.3 Å². The van der Waals surface area contributed by atoms with Gasteiger partial charge in [0.25, 0.3) is 0 Å². The number of aliphatic hydroxyl groups is 1. The smallest absolute Gasteiger partial charge is 0.354 e. The van der Waals surface area contributed by atoms with Crippen LogP contribution in [0.2, 0.25) is 0 Å². The average molecular weight is 436 g/mol. The van der Waals surface area contributed by atoms with Crippen LogP contribution in [0, 0.1) is 6.92 Å². The number of hydrogen-bond acceptors (Lipinski definition) is 6. The molecule has 1 fully saturated rings. The lowest BCUT2D eigenvalue weighted by molar-refractivity contribution is 0.0823. The fourth-order valence-corrected chi connectivity index (χ4v) is 5.79. The van der Waals surface area contributed by atoms with Crippen LogP contribution < -0.4 is 10.5 Å². The monoisotopic (exact) mass is 435 g/mol. The quantitative estimate of drug-likeness (QED) is 0.678. The molecule has 8 nitrogen and oxygen atoms in total. The molecule has 0 unspecified atom stereocenters. The van der Waals surface area contributed by atoms with Gasteiger partial charge in [0, 0.05) is 23.1 Å². The van der Waals surface area contributed by atoms with E-state index in [1.165, 1.54) is 6.20 Å². The number of pyridine rings is 1.